The van der Waals surface area contributed by atoms with Gasteiger partial charge in [-0.2, -0.15) is 0 Å². The van der Waals surface area contributed by atoms with Crippen molar-refractivity contribution in [3.05, 3.63) is 0 Å². The molecule has 0 spiro atoms. The first kappa shape index (κ1) is 12.0. The highest BCUT2D eigenvalue weighted by atomic mass is 32.2. The van der Waals surface area contributed by atoms with Gasteiger partial charge in [0.2, 0.25) is 5.91 Å². The minimum atomic E-state index is -0.962. The average molecular weight is 244 g/mol. The molecule has 2 aliphatic rings. The van der Waals surface area contributed by atoms with E-state index < -0.39 is 10.8 Å². The summed E-state index contributed by atoms with van der Waals surface area (Å²) >= 11 is 0. The van der Waals surface area contributed by atoms with Crippen molar-refractivity contribution in [2.75, 3.05) is 37.7 Å². The molecule has 0 radical (unpaired) electrons. The van der Waals surface area contributed by atoms with Gasteiger partial charge < -0.3 is 10.2 Å². The Balaban J connectivity index is 1.70. The second-order valence-electron chi connectivity index (χ2n) is 4.72. The van der Waals surface area contributed by atoms with Crippen molar-refractivity contribution >= 4 is 16.7 Å². The van der Waals surface area contributed by atoms with Gasteiger partial charge >= 0.3 is 0 Å². The molecule has 0 aliphatic carbocycles. The maximum absolute atomic E-state index is 11.8. The number of carbonyl (C=O) groups is 1. The van der Waals surface area contributed by atoms with Gasteiger partial charge in [0.05, 0.1) is 0 Å². The first-order valence-electron chi connectivity index (χ1n) is 6.09. The van der Waals surface area contributed by atoms with Crippen LogP contribution in [-0.2, 0) is 15.6 Å². The van der Waals surface area contributed by atoms with Crippen LogP contribution >= 0.6 is 0 Å². The molecule has 92 valence electrons. The number of hydrogen-bond donors (Lipinski definition) is 1. The molecule has 0 aromatic heterocycles. The van der Waals surface area contributed by atoms with E-state index in [-0.39, 0.29) is 11.7 Å². The minimum Gasteiger partial charge on any atom is -0.342 e. The molecule has 1 unspecified atom stereocenters. The van der Waals surface area contributed by atoms with Crippen LogP contribution in [0.5, 0.6) is 0 Å². The Hall–Kier alpha value is -0.420. The number of rotatable bonds is 4. The summed E-state index contributed by atoms with van der Waals surface area (Å²) in [5.41, 5.74) is 0. The standard InChI is InChI=1S/C11H20N2O2S/c14-11(13-4-2-1-3-5-13)9-16(15)8-10-6-12-7-10/h10,12H,1-9H2. The Morgan fingerprint density at radius 3 is 2.50 bits per heavy atom. The van der Waals surface area contributed by atoms with E-state index in [1.54, 1.807) is 0 Å². The van der Waals surface area contributed by atoms with E-state index in [9.17, 15) is 9.00 Å². The van der Waals surface area contributed by atoms with Gasteiger partial charge in [0, 0.05) is 42.7 Å². The molecule has 0 aromatic rings. The SMILES string of the molecule is O=C(CS(=O)CC1CNC1)N1CCCCC1. The summed E-state index contributed by atoms with van der Waals surface area (Å²) in [6, 6.07) is 0. The molecule has 1 N–H and O–H groups in total. The molecule has 0 bridgehead atoms. The molecule has 1 atom stereocenters. The summed E-state index contributed by atoms with van der Waals surface area (Å²) in [5.74, 6) is 1.53. The molecule has 2 fully saturated rings. The lowest BCUT2D eigenvalue weighted by molar-refractivity contribution is -0.129. The fourth-order valence-corrected chi connectivity index (χ4v) is 3.50. The second-order valence-corrected chi connectivity index (χ2v) is 6.22. The molecule has 5 heteroatoms. The number of piperidine rings is 1. The minimum absolute atomic E-state index is 0.0883. The largest absolute Gasteiger partial charge is 0.342 e. The fourth-order valence-electron chi connectivity index (χ4n) is 2.16. The van der Waals surface area contributed by atoms with Gasteiger partial charge in [0.25, 0.3) is 0 Å². The lowest BCUT2D eigenvalue weighted by Gasteiger charge is -2.28. The summed E-state index contributed by atoms with van der Waals surface area (Å²) < 4.78 is 11.7. The van der Waals surface area contributed by atoms with E-state index in [1.807, 2.05) is 4.90 Å². The molecule has 2 aliphatic heterocycles. The van der Waals surface area contributed by atoms with Gasteiger partial charge in [0.15, 0.2) is 0 Å². The van der Waals surface area contributed by atoms with Gasteiger partial charge in [-0.05, 0) is 25.2 Å². The molecule has 2 rings (SSSR count). The fraction of sp³-hybridized carbons (Fsp3) is 0.909. The van der Waals surface area contributed by atoms with Crippen LogP contribution in [0.25, 0.3) is 0 Å². The monoisotopic (exact) mass is 244 g/mol. The number of hydrogen-bond acceptors (Lipinski definition) is 3. The number of nitrogens with zero attached hydrogens (tertiary/aromatic N) is 1. The predicted octanol–water partition coefficient (Wildman–Crippen LogP) is -0.0330. The Morgan fingerprint density at radius 2 is 1.94 bits per heavy atom. The molecule has 2 heterocycles. The third-order valence-electron chi connectivity index (χ3n) is 3.28. The predicted molar refractivity (Wildman–Crippen MR) is 64.7 cm³/mol. The Morgan fingerprint density at radius 1 is 1.25 bits per heavy atom. The number of nitrogens with one attached hydrogen (secondary N) is 1. The number of likely N-dealkylation sites (tertiary alicyclic amines) is 1. The highest BCUT2D eigenvalue weighted by molar-refractivity contribution is 7.85. The zero-order valence-electron chi connectivity index (χ0n) is 9.61. The van der Waals surface area contributed by atoms with Crippen LogP contribution in [0.1, 0.15) is 19.3 Å². The Bertz CT molecular complexity index is 273. The highest BCUT2D eigenvalue weighted by Gasteiger charge is 2.23. The van der Waals surface area contributed by atoms with Crippen LogP contribution < -0.4 is 5.32 Å². The van der Waals surface area contributed by atoms with Crippen LogP contribution in [-0.4, -0.2) is 52.7 Å². The highest BCUT2D eigenvalue weighted by Crippen LogP contribution is 2.10. The quantitative estimate of drug-likeness (QED) is 0.755. The Labute approximate surface area is 99.2 Å². The van der Waals surface area contributed by atoms with Crippen LogP contribution in [0.2, 0.25) is 0 Å². The zero-order valence-corrected chi connectivity index (χ0v) is 10.4. The summed E-state index contributed by atoms with van der Waals surface area (Å²) in [6.07, 6.45) is 3.43. The lowest BCUT2D eigenvalue weighted by Crippen LogP contribution is -2.46. The van der Waals surface area contributed by atoms with Crippen molar-refractivity contribution in [1.82, 2.24) is 10.2 Å². The van der Waals surface area contributed by atoms with Crippen LogP contribution in [0.15, 0.2) is 0 Å². The van der Waals surface area contributed by atoms with Crippen molar-refractivity contribution in [3.63, 3.8) is 0 Å². The molecular formula is C11H20N2O2S. The molecule has 4 nitrogen and oxygen atoms in total. The summed E-state index contributed by atoms with van der Waals surface area (Å²) in [5, 5.41) is 3.15. The van der Waals surface area contributed by atoms with E-state index in [4.69, 9.17) is 0 Å². The zero-order chi connectivity index (χ0) is 11.4. The topological polar surface area (TPSA) is 49.4 Å². The van der Waals surface area contributed by atoms with Gasteiger partial charge in [0.1, 0.15) is 5.75 Å². The summed E-state index contributed by atoms with van der Waals surface area (Å²) in [4.78, 5) is 13.7. The molecule has 0 aromatic carbocycles. The summed E-state index contributed by atoms with van der Waals surface area (Å²) in [6.45, 7) is 3.65. The number of carbonyl (C=O) groups excluding carboxylic acids is 1. The van der Waals surface area contributed by atoms with Crippen LogP contribution in [0, 0.1) is 5.92 Å². The first-order valence-corrected chi connectivity index (χ1v) is 7.58. The van der Waals surface area contributed by atoms with Crippen molar-refractivity contribution < 1.29 is 9.00 Å². The normalized spacial score (nSPS) is 23.9. The first-order chi connectivity index (χ1) is 7.75. The van der Waals surface area contributed by atoms with Crippen molar-refractivity contribution in [1.29, 1.82) is 0 Å². The van der Waals surface area contributed by atoms with E-state index >= 15 is 0 Å². The second kappa shape index (κ2) is 5.77. The Kier molecular flexibility index (Phi) is 4.35. The molecule has 2 saturated heterocycles. The van der Waals surface area contributed by atoms with E-state index in [1.165, 1.54) is 6.42 Å². The smallest absolute Gasteiger partial charge is 0.235 e. The van der Waals surface area contributed by atoms with Crippen molar-refractivity contribution in [2.24, 2.45) is 5.92 Å². The lowest BCUT2D eigenvalue weighted by atomic mass is 10.1. The maximum Gasteiger partial charge on any atom is 0.235 e. The molecular weight excluding hydrogens is 224 g/mol. The molecule has 1 amide bonds. The van der Waals surface area contributed by atoms with E-state index in [0.717, 1.165) is 39.0 Å². The molecule has 0 saturated carbocycles. The summed E-state index contributed by atoms with van der Waals surface area (Å²) in [7, 11) is -0.962. The third-order valence-corrected chi connectivity index (χ3v) is 4.69. The third kappa shape index (κ3) is 3.28. The van der Waals surface area contributed by atoms with Crippen LogP contribution in [0.4, 0.5) is 0 Å². The molecule has 16 heavy (non-hydrogen) atoms. The van der Waals surface area contributed by atoms with Gasteiger partial charge in [-0.1, -0.05) is 0 Å². The van der Waals surface area contributed by atoms with Gasteiger partial charge in [-0.15, -0.1) is 0 Å². The van der Waals surface area contributed by atoms with Gasteiger partial charge in [-0.25, -0.2) is 0 Å². The van der Waals surface area contributed by atoms with E-state index in [0.29, 0.717) is 11.7 Å². The average Bonchev–Trinajstić information content (AvgIpc) is 2.25. The van der Waals surface area contributed by atoms with Crippen molar-refractivity contribution in [3.8, 4) is 0 Å². The maximum atomic E-state index is 11.8. The van der Waals surface area contributed by atoms with Crippen LogP contribution in [0.3, 0.4) is 0 Å². The number of amides is 1. The van der Waals surface area contributed by atoms with E-state index in [2.05, 4.69) is 5.32 Å². The van der Waals surface area contributed by atoms with Gasteiger partial charge in [-0.3, -0.25) is 9.00 Å². The van der Waals surface area contributed by atoms with Crippen molar-refractivity contribution in [2.45, 2.75) is 19.3 Å².